The first-order valence-corrected chi connectivity index (χ1v) is 8.72. The molecule has 0 aromatic heterocycles. The number of benzene rings is 1. The Labute approximate surface area is 131 Å². The summed E-state index contributed by atoms with van der Waals surface area (Å²) in [4.78, 5) is 0. The predicted octanol–water partition coefficient (Wildman–Crippen LogP) is 6.54. The van der Waals surface area contributed by atoms with Gasteiger partial charge >= 0.3 is 0 Å². The molecule has 0 aliphatic carbocycles. The Kier molecular flexibility index (Phi) is 10.6. The maximum absolute atomic E-state index is 5.73. The summed E-state index contributed by atoms with van der Waals surface area (Å²) in [6.45, 7) is 5.22. The second-order valence-corrected chi connectivity index (χ2v) is 5.71. The monoisotopic (exact) mass is 288 g/mol. The zero-order valence-electron chi connectivity index (χ0n) is 13.9. The molecule has 0 N–H and O–H groups in total. The maximum Gasteiger partial charge on any atom is 0.119 e. The number of ether oxygens (including phenoxy) is 1. The second-order valence-electron chi connectivity index (χ2n) is 5.71. The van der Waals surface area contributed by atoms with E-state index < -0.39 is 0 Å². The lowest BCUT2D eigenvalue weighted by molar-refractivity contribution is 0.361. The molecule has 0 saturated carbocycles. The number of allylic oxidation sites excluding steroid dienone is 1. The highest BCUT2D eigenvalue weighted by molar-refractivity contribution is 5.21. The standard InChI is InChI=1S/C20H32O/c1-3-5-6-7-8-9-11-14-19(4-2)17-18-21-20-15-12-10-13-16-20/h10,12-13,15-17H,3-9,11,14,18H2,1-2H3. The van der Waals surface area contributed by atoms with Crippen molar-refractivity contribution < 1.29 is 4.74 Å². The molecule has 1 aromatic rings. The van der Waals surface area contributed by atoms with Crippen LogP contribution in [0.3, 0.4) is 0 Å². The Morgan fingerprint density at radius 2 is 1.57 bits per heavy atom. The van der Waals surface area contributed by atoms with Gasteiger partial charge in [0.1, 0.15) is 12.4 Å². The Morgan fingerprint density at radius 1 is 0.905 bits per heavy atom. The summed E-state index contributed by atoms with van der Waals surface area (Å²) in [6, 6.07) is 10.1. The van der Waals surface area contributed by atoms with Crippen LogP contribution in [0.1, 0.15) is 71.6 Å². The summed E-state index contributed by atoms with van der Waals surface area (Å²) in [6.07, 6.45) is 14.3. The van der Waals surface area contributed by atoms with Gasteiger partial charge in [0.15, 0.2) is 0 Å². The Balaban J connectivity index is 2.11. The van der Waals surface area contributed by atoms with Crippen molar-refractivity contribution in [3.63, 3.8) is 0 Å². The van der Waals surface area contributed by atoms with Crippen molar-refractivity contribution in [3.05, 3.63) is 42.0 Å². The molecule has 0 aliphatic heterocycles. The molecule has 0 fully saturated rings. The van der Waals surface area contributed by atoms with E-state index in [1.807, 2.05) is 30.3 Å². The highest BCUT2D eigenvalue weighted by Gasteiger charge is 1.97. The van der Waals surface area contributed by atoms with Gasteiger partial charge in [-0.05, 0) is 37.5 Å². The minimum atomic E-state index is 0.698. The van der Waals surface area contributed by atoms with Crippen molar-refractivity contribution in [3.8, 4) is 5.75 Å². The summed E-state index contributed by atoms with van der Waals surface area (Å²) in [5, 5.41) is 0. The molecule has 21 heavy (non-hydrogen) atoms. The zero-order valence-corrected chi connectivity index (χ0v) is 13.9. The summed E-state index contributed by atoms with van der Waals surface area (Å²) >= 11 is 0. The van der Waals surface area contributed by atoms with Crippen molar-refractivity contribution in [1.82, 2.24) is 0 Å². The average molecular weight is 288 g/mol. The van der Waals surface area contributed by atoms with Gasteiger partial charge < -0.3 is 4.74 Å². The first-order chi connectivity index (χ1) is 10.4. The van der Waals surface area contributed by atoms with E-state index in [1.165, 1.54) is 51.4 Å². The molecule has 1 nitrogen and oxygen atoms in total. The molecule has 0 saturated heterocycles. The fourth-order valence-electron chi connectivity index (χ4n) is 2.50. The quantitative estimate of drug-likeness (QED) is 0.313. The lowest BCUT2D eigenvalue weighted by Crippen LogP contribution is -1.95. The van der Waals surface area contributed by atoms with E-state index in [2.05, 4.69) is 19.9 Å². The van der Waals surface area contributed by atoms with Gasteiger partial charge in [0.25, 0.3) is 0 Å². The van der Waals surface area contributed by atoms with Gasteiger partial charge in [-0.25, -0.2) is 0 Å². The molecule has 0 spiro atoms. The molecule has 0 amide bonds. The predicted molar refractivity (Wildman–Crippen MR) is 92.9 cm³/mol. The molecule has 0 atom stereocenters. The van der Waals surface area contributed by atoms with Crippen LogP contribution in [0.4, 0.5) is 0 Å². The van der Waals surface area contributed by atoms with Crippen LogP contribution in [0.2, 0.25) is 0 Å². The van der Waals surface area contributed by atoms with Gasteiger partial charge in [-0.1, -0.05) is 76.1 Å². The van der Waals surface area contributed by atoms with Crippen LogP contribution in [-0.4, -0.2) is 6.61 Å². The largest absolute Gasteiger partial charge is 0.490 e. The lowest BCUT2D eigenvalue weighted by atomic mass is 10.0. The van der Waals surface area contributed by atoms with Crippen LogP contribution >= 0.6 is 0 Å². The Hall–Kier alpha value is -1.24. The molecular weight excluding hydrogens is 256 g/mol. The van der Waals surface area contributed by atoms with Crippen LogP contribution in [0, 0.1) is 0 Å². The van der Waals surface area contributed by atoms with Crippen molar-refractivity contribution in [2.75, 3.05) is 6.61 Å². The normalized spacial score (nSPS) is 11.6. The third-order valence-corrected chi connectivity index (χ3v) is 3.92. The van der Waals surface area contributed by atoms with E-state index in [9.17, 15) is 0 Å². The smallest absolute Gasteiger partial charge is 0.119 e. The van der Waals surface area contributed by atoms with Crippen molar-refractivity contribution in [1.29, 1.82) is 0 Å². The first-order valence-electron chi connectivity index (χ1n) is 8.72. The fraction of sp³-hybridized carbons (Fsp3) is 0.600. The highest BCUT2D eigenvalue weighted by atomic mass is 16.5. The number of hydrogen-bond donors (Lipinski definition) is 0. The molecule has 0 radical (unpaired) electrons. The second kappa shape index (κ2) is 12.5. The van der Waals surface area contributed by atoms with E-state index in [0.29, 0.717) is 6.61 Å². The van der Waals surface area contributed by atoms with Crippen molar-refractivity contribution in [2.24, 2.45) is 0 Å². The van der Waals surface area contributed by atoms with Crippen LogP contribution in [0.15, 0.2) is 42.0 Å². The third-order valence-electron chi connectivity index (χ3n) is 3.92. The van der Waals surface area contributed by atoms with Gasteiger partial charge in [0.2, 0.25) is 0 Å². The van der Waals surface area contributed by atoms with E-state index in [1.54, 1.807) is 5.57 Å². The minimum Gasteiger partial charge on any atom is -0.490 e. The van der Waals surface area contributed by atoms with Gasteiger partial charge in [0.05, 0.1) is 0 Å². The highest BCUT2D eigenvalue weighted by Crippen LogP contribution is 2.15. The van der Waals surface area contributed by atoms with Crippen LogP contribution in [0.25, 0.3) is 0 Å². The molecular formula is C20H32O. The molecule has 1 rings (SSSR count). The Bertz CT molecular complexity index is 367. The molecule has 0 aliphatic rings. The van der Waals surface area contributed by atoms with Crippen LogP contribution in [-0.2, 0) is 0 Å². The molecule has 0 bridgehead atoms. The zero-order chi connectivity index (χ0) is 15.2. The van der Waals surface area contributed by atoms with E-state index in [-0.39, 0.29) is 0 Å². The summed E-state index contributed by atoms with van der Waals surface area (Å²) in [7, 11) is 0. The van der Waals surface area contributed by atoms with E-state index >= 15 is 0 Å². The van der Waals surface area contributed by atoms with E-state index in [4.69, 9.17) is 4.74 Å². The average Bonchev–Trinajstić information content (AvgIpc) is 2.53. The fourth-order valence-corrected chi connectivity index (χ4v) is 2.50. The van der Waals surface area contributed by atoms with Gasteiger partial charge in [-0.15, -0.1) is 0 Å². The molecule has 0 unspecified atom stereocenters. The minimum absolute atomic E-state index is 0.698. The topological polar surface area (TPSA) is 9.23 Å². The van der Waals surface area contributed by atoms with Gasteiger partial charge in [0, 0.05) is 0 Å². The van der Waals surface area contributed by atoms with Crippen LogP contribution in [0.5, 0.6) is 5.75 Å². The number of para-hydroxylation sites is 1. The number of unbranched alkanes of at least 4 members (excludes halogenated alkanes) is 6. The van der Waals surface area contributed by atoms with E-state index in [0.717, 1.165) is 12.2 Å². The lowest BCUT2D eigenvalue weighted by Gasteiger charge is -2.07. The summed E-state index contributed by atoms with van der Waals surface area (Å²) in [5.74, 6) is 0.958. The molecule has 118 valence electrons. The number of hydrogen-bond acceptors (Lipinski definition) is 1. The SMILES string of the molecule is CCCCCCCCCC(=CCOc1ccccc1)CC. The summed E-state index contributed by atoms with van der Waals surface area (Å²) < 4.78 is 5.73. The molecule has 1 heteroatoms. The molecule has 0 heterocycles. The molecule has 1 aromatic carbocycles. The third kappa shape index (κ3) is 9.33. The first kappa shape index (κ1) is 17.8. The van der Waals surface area contributed by atoms with Gasteiger partial charge in [-0.2, -0.15) is 0 Å². The Morgan fingerprint density at radius 3 is 2.24 bits per heavy atom. The number of rotatable bonds is 12. The van der Waals surface area contributed by atoms with Crippen molar-refractivity contribution >= 4 is 0 Å². The summed E-state index contributed by atoms with van der Waals surface area (Å²) in [5.41, 5.74) is 1.54. The maximum atomic E-state index is 5.73. The van der Waals surface area contributed by atoms with Crippen LogP contribution < -0.4 is 4.74 Å². The van der Waals surface area contributed by atoms with Gasteiger partial charge in [-0.3, -0.25) is 0 Å². The van der Waals surface area contributed by atoms with Crippen molar-refractivity contribution in [2.45, 2.75) is 71.6 Å².